The summed E-state index contributed by atoms with van der Waals surface area (Å²) in [7, 11) is 1.57. The lowest BCUT2D eigenvalue weighted by molar-refractivity contribution is -0.144. The number of nitrogens with one attached hydrogen (secondary N) is 1. The molecule has 1 fully saturated rings. The number of hydrogen-bond acceptors (Lipinski definition) is 5. The van der Waals surface area contributed by atoms with Gasteiger partial charge >= 0.3 is 5.97 Å². The van der Waals surface area contributed by atoms with E-state index in [0.29, 0.717) is 18.0 Å². The summed E-state index contributed by atoms with van der Waals surface area (Å²) in [6.07, 6.45) is -0.0483. The number of piperazine rings is 1. The van der Waals surface area contributed by atoms with Crippen LogP contribution in [0.15, 0.2) is 36.4 Å². The molecule has 0 bridgehead atoms. The van der Waals surface area contributed by atoms with Crippen LogP contribution in [-0.2, 0) is 9.59 Å². The topological polar surface area (TPSA) is 82.1 Å². The number of anilines is 1. The molecule has 0 unspecified atom stereocenters. The zero-order valence-corrected chi connectivity index (χ0v) is 16.1. The van der Waals surface area contributed by atoms with Crippen molar-refractivity contribution in [2.24, 2.45) is 5.92 Å². The molecule has 0 radical (unpaired) electrons. The van der Waals surface area contributed by atoms with Crippen LogP contribution in [0.1, 0.15) is 13.3 Å². The van der Waals surface area contributed by atoms with E-state index >= 15 is 0 Å². The van der Waals surface area contributed by atoms with Crippen molar-refractivity contribution in [2.75, 3.05) is 51.7 Å². The molecule has 1 aromatic rings. The number of carbonyl (C=O) groups is 2. The van der Waals surface area contributed by atoms with E-state index in [1.165, 1.54) is 0 Å². The van der Waals surface area contributed by atoms with Crippen LogP contribution in [0.2, 0.25) is 0 Å². The summed E-state index contributed by atoms with van der Waals surface area (Å²) in [4.78, 5) is 28.3. The Hall–Kier alpha value is -2.38. The van der Waals surface area contributed by atoms with Gasteiger partial charge in [-0.1, -0.05) is 12.2 Å². The molecule has 148 valence electrons. The number of ether oxygens (including phenoxy) is 1. The molecule has 27 heavy (non-hydrogen) atoms. The molecule has 1 saturated heterocycles. The van der Waals surface area contributed by atoms with Crippen LogP contribution in [0.4, 0.5) is 5.69 Å². The minimum atomic E-state index is -0.941. The van der Waals surface area contributed by atoms with Gasteiger partial charge in [0.15, 0.2) is 0 Å². The molecule has 2 rings (SSSR count). The molecule has 1 atom stereocenters. The van der Waals surface area contributed by atoms with Gasteiger partial charge in [0, 0.05) is 51.4 Å². The van der Waals surface area contributed by atoms with Gasteiger partial charge in [-0.15, -0.1) is 0 Å². The van der Waals surface area contributed by atoms with Crippen LogP contribution < -0.4 is 10.1 Å². The van der Waals surface area contributed by atoms with E-state index < -0.39 is 11.9 Å². The number of carbonyl (C=O) groups excluding carboxylic acids is 1. The predicted octanol–water partition coefficient (Wildman–Crippen LogP) is 1.92. The van der Waals surface area contributed by atoms with E-state index in [4.69, 9.17) is 4.74 Å². The number of benzene rings is 1. The number of rotatable bonds is 9. The average molecular weight is 375 g/mol. The highest BCUT2D eigenvalue weighted by Crippen LogP contribution is 2.17. The first-order valence-electron chi connectivity index (χ1n) is 9.13. The fraction of sp³-hybridized carbons (Fsp3) is 0.500. The van der Waals surface area contributed by atoms with Crippen LogP contribution in [0.3, 0.4) is 0 Å². The third kappa shape index (κ3) is 7.03. The van der Waals surface area contributed by atoms with Crippen molar-refractivity contribution < 1.29 is 19.4 Å². The second-order valence-electron chi connectivity index (χ2n) is 7.05. The number of amides is 1. The molecule has 2 N–H and O–H groups in total. The summed E-state index contributed by atoms with van der Waals surface area (Å²) in [5.74, 6) is -1.27. The van der Waals surface area contributed by atoms with E-state index in [9.17, 15) is 14.7 Å². The lowest BCUT2D eigenvalue weighted by Gasteiger charge is -2.35. The maximum absolute atomic E-state index is 12.3. The molecule has 0 aliphatic carbocycles. The van der Waals surface area contributed by atoms with E-state index in [1.807, 2.05) is 6.92 Å². The molecule has 1 amide bonds. The fourth-order valence-electron chi connectivity index (χ4n) is 3.16. The number of aliphatic carboxylic acids is 1. The first-order chi connectivity index (χ1) is 12.9. The van der Waals surface area contributed by atoms with Crippen LogP contribution >= 0.6 is 0 Å². The maximum Gasteiger partial charge on any atom is 0.308 e. The molecule has 7 heteroatoms. The summed E-state index contributed by atoms with van der Waals surface area (Å²) in [6, 6.07) is 6.95. The van der Waals surface area contributed by atoms with Crippen molar-refractivity contribution >= 4 is 17.6 Å². The van der Waals surface area contributed by atoms with Crippen molar-refractivity contribution in [3.8, 4) is 5.75 Å². The third-order valence-electron chi connectivity index (χ3n) is 4.59. The Kier molecular flexibility index (Phi) is 7.82. The highest BCUT2D eigenvalue weighted by atomic mass is 16.5. The monoisotopic (exact) mass is 375 g/mol. The molecular formula is C20H29N3O4. The Balaban J connectivity index is 1.83. The van der Waals surface area contributed by atoms with Gasteiger partial charge in [-0.3, -0.25) is 19.4 Å². The van der Waals surface area contributed by atoms with Gasteiger partial charge in [-0.05, 0) is 31.2 Å². The van der Waals surface area contributed by atoms with E-state index in [0.717, 1.165) is 38.3 Å². The molecule has 1 aliphatic rings. The second-order valence-corrected chi connectivity index (χ2v) is 7.05. The Bertz CT molecular complexity index is 652. The standard InChI is InChI=1S/C20H29N3O4/c1-15(2)13-22-8-10-23(11-9-22)14-16(20(25)26)12-19(24)21-17-4-6-18(27-3)7-5-17/h4-7,16H,1,8-14H2,2-3H3,(H,21,24)(H,25,26)/t16-/m1/s1. The van der Waals surface area contributed by atoms with Gasteiger partial charge < -0.3 is 15.2 Å². The largest absolute Gasteiger partial charge is 0.497 e. The van der Waals surface area contributed by atoms with Gasteiger partial charge in [-0.2, -0.15) is 0 Å². The Labute approximate surface area is 160 Å². The quantitative estimate of drug-likeness (QED) is 0.642. The lowest BCUT2D eigenvalue weighted by atomic mass is 10.0. The van der Waals surface area contributed by atoms with Gasteiger partial charge in [0.1, 0.15) is 5.75 Å². The van der Waals surface area contributed by atoms with Crippen LogP contribution in [-0.4, -0.2) is 73.2 Å². The van der Waals surface area contributed by atoms with Crippen LogP contribution in [0, 0.1) is 5.92 Å². The number of hydrogen-bond donors (Lipinski definition) is 2. The molecular weight excluding hydrogens is 346 g/mol. The summed E-state index contributed by atoms with van der Waals surface area (Å²) in [6.45, 7) is 10.6. The number of nitrogens with zero attached hydrogens (tertiary/aromatic N) is 2. The van der Waals surface area contributed by atoms with Gasteiger partial charge in [-0.25, -0.2) is 0 Å². The number of carboxylic acid groups (broad SMARTS) is 1. The third-order valence-corrected chi connectivity index (χ3v) is 4.59. The zero-order chi connectivity index (χ0) is 19.8. The van der Waals surface area contributed by atoms with Crippen molar-refractivity contribution in [1.82, 2.24) is 9.80 Å². The Morgan fingerprint density at radius 3 is 2.30 bits per heavy atom. The van der Waals surface area contributed by atoms with Crippen molar-refractivity contribution in [2.45, 2.75) is 13.3 Å². The minimum absolute atomic E-state index is 0.0483. The molecule has 1 aromatic carbocycles. The average Bonchev–Trinajstić information content (AvgIpc) is 2.63. The van der Waals surface area contributed by atoms with Gasteiger partial charge in [0.2, 0.25) is 5.91 Å². The molecule has 7 nitrogen and oxygen atoms in total. The second kappa shape index (κ2) is 10.1. The van der Waals surface area contributed by atoms with Crippen molar-refractivity contribution in [3.63, 3.8) is 0 Å². The summed E-state index contributed by atoms with van der Waals surface area (Å²) < 4.78 is 5.08. The summed E-state index contributed by atoms with van der Waals surface area (Å²) >= 11 is 0. The van der Waals surface area contributed by atoms with Gasteiger partial charge in [0.05, 0.1) is 13.0 Å². The molecule has 0 saturated carbocycles. The van der Waals surface area contributed by atoms with E-state index in [-0.39, 0.29) is 12.3 Å². The lowest BCUT2D eigenvalue weighted by Crippen LogP contribution is -2.49. The fourth-order valence-corrected chi connectivity index (χ4v) is 3.16. The molecule has 1 heterocycles. The SMILES string of the molecule is C=C(C)CN1CCN(C[C@@H](CC(=O)Nc2ccc(OC)cc2)C(=O)O)CC1. The zero-order valence-electron chi connectivity index (χ0n) is 16.1. The smallest absolute Gasteiger partial charge is 0.308 e. The van der Waals surface area contributed by atoms with Gasteiger partial charge in [0.25, 0.3) is 0 Å². The Morgan fingerprint density at radius 2 is 1.78 bits per heavy atom. The first-order valence-corrected chi connectivity index (χ1v) is 9.13. The predicted molar refractivity (Wildman–Crippen MR) is 105 cm³/mol. The van der Waals surface area contributed by atoms with Crippen molar-refractivity contribution in [1.29, 1.82) is 0 Å². The summed E-state index contributed by atoms with van der Waals surface area (Å²) in [5, 5.41) is 12.3. The van der Waals surface area contributed by atoms with E-state index in [1.54, 1.807) is 31.4 Å². The highest BCUT2D eigenvalue weighted by Gasteiger charge is 2.26. The number of carboxylic acids is 1. The Morgan fingerprint density at radius 1 is 1.19 bits per heavy atom. The van der Waals surface area contributed by atoms with Crippen LogP contribution in [0.5, 0.6) is 5.75 Å². The highest BCUT2D eigenvalue weighted by molar-refractivity contribution is 5.93. The van der Waals surface area contributed by atoms with Crippen molar-refractivity contribution in [3.05, 3.63) is 36.4 Å². The maximum atomic E-state index is 12.3. The minimum Gasteiger partial charge on any atom is -0.497 e. The molecule has 0 spiro atoms. The first kappa shape index (κ1) is 20.9. The van der Waals surface area contributed by atoms with Crippen LogP contribution in [0.25, 0.3) is 0 Å². The summed E-state index contributed by atoms with van der Waals surface area (Å²) in [5.41, 5.74) is 1.75. The normalized spacial score (nSPS) is 16.5. The number of methoxy groups -OCH3 is 1. The van der Waals surface area contributed by atoms with E-state index in [2.05, 4.69) is 21.7 Å². The molecule has 1 aliphatic heterocycles. The molecule has 0 aromatic heterocycles.